The van der Waals surface area contributed by atoms with Crippen molar-refractivity contribution >= 4 is 23.6 Å². The molecule has 1 saturated heterocycles. The highest BCUT2D eigenvalue weighted by Gasteiger charge is 2.39. The maximum absolute atomic E-state index is 13.1. The number of aryl methyl sites for hydroxylation is 2. The zero-order valence-corrected chi connectivity index (χ0v) is 17.4. The fraction of sp³-hybridized carbons (Fsp3) is 0.524. The number of hydrogen-bond acceptors (Lipinski definition) is 5. The van der Waals surface area contributed by atoms with E-state index < -0.39 is 17.4 Å². The number of benzene rings is 1. The Morgan fingerprint density at radius 1 is 1.17 bits per heavy atom. The summed E-state index contributed by atoms with van der Waals surface area (Å²) in [4.78, 5) is 51.3. The molecule has 0 spiro atoms. The van der Waals surface area contributed by atoms with Crippen LogP contribution in [0.1, 0.15) is 44.2 Å². The van der Waals surface area contributed by atoms with Gasteiger partial charge >= 0.3 is 0 Å². The van der Waals surface area contributed by atoms with Gasteiger partial charge in [-0.15, -0.1) is 0 Å². The average molecular weight is 403 g/mol. The standard InChI is InChI=1S/C21H29N3O5/c1-14-5-7-15(8-6-14)11-12-21(2,3)20(28)23(4)16(19(27)22-29)13-24-17(25)9-10-18(24)26/h5-8,16,29H,9-13H2,1-4H3,(H,22,27). The molecule has 1 aromatic rings. The molecule has 8 heteroatoms. The molecule has 1 aromatic carbocycles. The van der Waals surface area contributed by atoms with E-state index in [2.05, 4.69) is 0 Å². The summed E-state index contributed by atoms with van der Waals surface area (Å²) in [7, 11) is 1.45. The number of likely N-dealkylation sites (tertiary alicyclic amines) is 1. The molecule has 8 nitrogen and oxygen atoms in total. The first kappa shape index (κ1) is 22.5. The van der Waals surface area contributed by atoms with E-state index in [1.165, 1.54) is 17.4 Å². The molecule has 1 aliphatic heterocycles. The summed E-state index contributed by atoms with van der Waals surface area (Å²) < 4.78 is 0. The molecule has 1 heterocycles. The molecule has 0 aromatic heterocycles. The van der Waals surface area contributed by atoms with Crippen molar-refractivity contribution < 1.29 is 24.4 Å². The lowest BCUT2D eigenvalue weighted by molar-refractivity contribution is -0.152. The number of rotatable bonds is 8. The number of imide groups is 1. The van der Waals surface area contributed by atoms with Crippen molar-refractivity contribution in [3.63, 3.8) is 0 Å². The van der Waals surface area contributed by atoms with Crippen LogP contribution in [0.3, 0.4) is 0 Å². The van der Waals surface area contributed by atoms with Crippen molar-refractivity contribution in [1.82, 2.24) is 15.3 Å². The number of nitrogens with one attached hydrogen (secondary N) is 1. The maximum Gasteiger partial charge on any atom is 0.267 e. The van der Waals surface area contributed by atoms with E-state index in [1.807, 2.05) is 31.2 Å². The molecule has 2 N–H and O–H groups in total. The fourth-order valence-corrected chi connectivity index (χ4v) is 3.39. The van der Waals surface area contributed by atoms with Gasteiger partial charge in [-0.05, 0) is 25.3 Å². The predicted octanol–water partition coefficient (Wildman–Crippen LogP) is 1.44. The number of likely N-dealkylation sites (N-methyl/N-ethyl adjacent to an activating group) is 1. The van der Waals surface area contributed by atoms with Gasteiger partial charge in [-0.1, -0.05) is 43.7 Å². The number of hydrogen-bond donors (Lipinski definition) is 2. The van der Waals surface area contributed by atoms with Crippen LogP contribution in [-0.4, -0.2) is 58.3 Å². The van der Waals surface area contributed by atoms with E-state index in [4.69, 9.17) is 5.21 Å². The van der Waals surface area contributed by atoms with Crippen LogP contribution in [0.4, 0.5) is 0 Å². The summed E-state index contributed by atoms with van der Waals surface area (Å²) in [5, 5.41) is 9.09. The van der Waals surface area contributed by atoms with Crippen molar-refractivity contribution in [3.8, 4) is 0 Å². The Morgan fingerprint density at radius 2 is 1.72 bits per heavy atom. The van der Waals surface area contributed by atoms with Crippen molar-refractivity contribution in [1.29, 1.82) is 0 Å². The lowest BCUT2D eigenvalue weighted by atomic mass is 9.84. The van der Waals surface area contributed by atoms with Crippen LogP contribution in [0, 0.1) is 12.3 Å². The number of carbonyl (C=O) groups is 4. The van der Waals surface area contributed by atoms with Gasteiger partial charge in [0.05, 0.1) is 6.54 Å². The zero-order valence-electron chi connectivity index (χ0n) is 17.4. The highest BCUT2D eigenvalue weighted by Crippen LogP contribution is 2.27. The minimum atomic E-state index is -1.17. The second-order valence-corrected chi connectivity index (χ2v) is 8.18. The van der Waals surface area contributed by atoms with Gasteiger partial charge in [0, 0.05) is 25.3 Å². The lowest BCUT2D eigenvalue weighted by Gasteiger charge is -2.35. The van der Waals surface area contributed by atoms with Crippen LogP contribution in [0.5, 0.6) is 0 Å². The van der Waals surface area contributed by atoms with Gasteiger partial charge in [0.15, 0.2) is 0 Å². The Kier molecular flexibility index (Phi) is 7.13. The molecular formula is C21H29N3O5. The molecular weight excluding hydrogens is 374 g/mol. The molecule has 0 radical (unpaired) electrons. The van der Waals surface area contributed by atoms with Crippen LogP contribution in [0.25, 0.3) is 0 Å². The van der Waals surface area contributed by atoms with Gasteiger partial charge in [0.1, 0.15) is 6.04 Å². The Labute approximate surface area is 170 Å². The van der Waals surface area contributed by atoms with E-state index in [0.717, 1.165) is 16.0 Å². The van der Waals surface area contributed by atoms with Gasteiger partial charge in [0.25, 0.3) is 5.91 Å². The highest BCUT2D eigenvalue weighted by atomic mass is 16.5. The van der Waals surface area contributed by atoms with Crippen LogP contribution in [0.2, 0.25) is 0 Å². The highest BCUT2D eigenvalue weighted by molar-refractivity contribution is 6.02. The third-order valence-electron chi connectivity index (χ3n) is 5.45. The van der Waals surface area contributed by atoms with Gasteiger partial charge in [-0.25, -0.2) is 5.48 Å². The second-order valence-electron chi connectivity index (χ2n) is 8.18. The normalized spacial score (nSPS) is 15.4. The molecule has 0 aliphatic carbocycles. The smallest absolute Gasteiger partial charge is 0.267 e. The van der Waals surface area contributed by atoms with Crippen LogP contribution in [0.15, 0.2) is 24.3 Å². The summed E-state index contributed by atoms with van der Waals surface area (Å²) in [6, 6.07) is 6.90. The largest absolute Gasteiger partial charge is 0.331 e. The van der Waals surface area contributed by atoms with Crippen LogP contribution in [-0.2, 0) is 25.6 Å². The number of nitrogens with zero attached hydrogens (tertiary/aromatic N) is 2. The van der Waals surface area contributed by atoms with Gasteiger partial charge in [-0.3, -0.25) is 29.3 Å². The van der Waals surface area contributed by atoms with E-state index in [1.54, 1.807) is 13.8 Å². The summed E-state index contributed by atoms with van der Waals surface area (Å²) in [5.41, 5.74) is 3.02. The second kappa shape index (κ2) is 9.17. The van der Waals surface area contributed by atoms with Gasteiger partial charge in [-0.2, -0.15) is 0 Å². The molecule has 1 atom stereocenters. The van der Waals surface area contributed by atoms with Crippen molar-refractivity contribution in [2.24, 2.45) is 5.41 Å². The van der Waals surface area contributed by atoms with Gasteiger partial charge in [0.2, 0.25) is 17.7 Å². The summed E-state index contributed by atoms with van der Waals surface area (Å²) in [5.74, 6) is -1.92. The number of hydroxylamine groups is 1. The molecule has 2 rings (SSSR count). The minimum absolute atomic E-state index is 0.0893. The zero-order chi connectivity index (χ0) is 21.8. The first-order valence-corrected chi connectivity index (χ1v) is 9.67. The first-order chi connectivity index (χ1) is 13.6. The van der Waals surface area contributed by atoms with E-state index >= 15 is 0 Å². The maximum atomic E-state index is 13.1. The van der Waals surface area contributed by atoms with E-state index in [-0.39, 0.29) is 37.1 Å². The molecule has 1 fully saturated rings. The molecule has 4 amide bonds. The van der Waals surface area contributed by atoms with Crippen molar-refractivity contribution in [2.45, 2.75) is 52.5 Å². The molecule has 1 unspecified atom stereocenters. The minimum Gasteiger partial charge on any atom is -0.331 e. The Balaban J connectivity index is 2.11. The third kappa shape index (κ3) is 5.41. The number of carbonyl (C=O) groups excluding carboxylic acids is 4. The molecule has 0 bridgehead atoms. The average Bonchev–Trinajstić information content (AvgIpc) is 3.01. The Hall–Kier alpha value is -2.74. The van der Waals surface area contributed by atoms with E-state index in [0.29, 0.717) is 12.8 Å². The molecule has 0 saturated carbocycles. The number of amides is 4. The summed E-state index contributed by atoms with van der Waals surface area (Å²) in [6.07, 6.45) is 1.42. The molecule has 29 heavy (non-hydrogen) atoms. The van der Waals surface area contributed by atoms with Crippen molar-refractivity contribution in [2.75, 3.05) is 13.6 Å². The van der Waals surface area contributed by atoms with Crippen LogP contribution < -0.4 is 5.48 Å². The molecule has 1 aliphatic rings. The van der Waals surface area contributed by atoms with E-state index in [9.17, 15) is 19.2 Å². The van der Waals surface area contributed by atoms with Crippen LogP contribution >= 0.6 is 0 Å². The third-order valence-corrected chi connectivity index (χ3v) is 5.45. The van der Waals surface area contributed by atoms with Crippen molar-refractivity contribution in [3.05, 3.63) is 35.4 Å². The Bertz CT molecular complexity index is 772. The summed E-state index contributed by atoms with van der Waals surface area (Å²) in [6.45, 7) is 5.31. The monoisotopic (exact) mass is 403 g/mol. The lowest BCUT2D eigenvalue weighted by Crippen LogP contribution is -2.56. The predicted molar refractivity (Wildman–Crippen MR) is 106 cm³/mol. The Morgan fingerprint density at radius 3 is 2.24 bits per heavy atom. The first-order valence-electron chi connectivity index (χ1n) is 9.67. The molecule has 158 valence electrons. The topological polar surface area (TPSA) is 107 Å². The SMILES string of the molecule is Cc1ccc(CCC(C)(C)C(=O)N(C)C(CN2C(=O)CCC2=O)C(=O)NO)cc1. The quantitative estimate of drug-likeness (QED) is 0.388. The van der Waals surface area contributed by atoms with Gasteiger partial charge < -0.3 is 4.90 Å². The summed E-state index contributed by atoms with van der Waals surface area (Å²) >= 11 is 0. The fourth-order valence-electron chi connectivity index (χ4n) is 3.39.